The molecular formula is C16H15F2NO2. The Morgan fingerprint density at radius 2 is 1.90 bits per heavy atom. The first-order valence-electron chi connectivity index (χ1n) is 6.41. The number of carbonyl (C=O) groups excluding carboxylic acids is 1. The second-order valence-electron chi connectivity index (χ2n) is 4.57. The molecule has 1 unspecified atom stereocenters. The standard InChI is InChI=1S/C16H15F2NO2/c1-10(12-5-3-4-6-14(12)18)19-15-8-7-11(17)9-13(15)16(20)21-2/h3-10,19H,1-2H3. The van der Waals surface area contributed by atoms with Crippen molar-refractivity contribution < 1.29 is 18.3 Å². The first-order chi connectivity index (χ1) is 10.0. The van der Waals surface area contributed by atoms with Crippen LogP contribution in [0.25, 0.3) is 0 Å². The molecule has 0 saturated carbocycles. The number of anilines is 1. The number of esters is 1. The van der Waals surface area contributed by atoms with Crippen molar-refractivity contribution in [3.63, 3.8) is 0 Å². The average Bonchev–Trinajstić information content (AvgIpc) is 2.48. The van der Waals surface area contributed by atoms with Crippen LogP contribution in [0.5, 0.6) is 0 Å². The molecule has 2 aromatic carbocycles. The van der Waals surface area contributed by atoms with E-state index < -0.39 is 11.8 Å². The number of halogens is 2. The Hall–Kier alpha value is -2.43. The van der Waals surface area contributed by atoms with Gasteiger partial charge in [-0.1, -0.05) is 18.2 Å². The number of methoxy groups -OCH3 is 1. The maximum Gasteiger partial charge on any atom is 0.340 e. The normalized spacial score (nSPS) is 11.8. The van der Waals surface area contributed by atoms with Crippen LogP contribution in [-0.4, -0.2) is 13.1 Å². The first-order valence-corrected chi connectivity index (χ1v) is 6.41. The Labute approximate surface area is 121 Å². The van der Waals surface area contributed by atoms with Gasteiger partial charge in [0.05, 0.1) is 18.7 Å². The van der Waals surface area contributed by atoms with E-state index in [4.69, 9.17) is 0 Å². The molecule has 0 fully saturated rings. The van der Waals surface area contributed by atoms with Crippen molar-refractivity contribution in [1.29, 1.82) is 0 Å². The van der Waals surface area contributed by atoms with Crippen molar-refractivity contribution in [1.82, 2.24) is 0 Å². The molecule has 1 atom stereocenters. The fraction of sp³-hybridized carbons (Fsp3) is 0.188. The van der Waals surface area contributed by atoms with E-state index in [1.54, 1.807) is 25.1 Å². The number of hydrogen-bond donors (Lipinski definition) is 1. The van der Waals surface area contributed by atoms with Crippen molar-refractivity contribution >= 4 is 11.7 Å². The molecule has 0 radical (unpaired) electrons. The SMILES string of the molecule is COC(=O)c1cc(F)ccc1NC(C)c1ccccc1F. The number of rotatable bonds is 4. The van der Waals surface area contributed by atoms with Crippen LogP contribution in [0.1, 0.15) is 28.9 Å². The van der Waals surface area contributed by atoms with E-state index in [1.165, 1.54) is 25.3 Å². The molecule has 0 spiro atoms. The highest BCUT2D eigenvalue weighted by atomic mass is 19.1. The zero-order valence-corrected chi connectivity index (χ0v) is 11.7. The lowest BCUT2D eigenvalue weighted by Crippen LogP contribution is -2.13. The van der Waals surface area contributed by atoms with Gasteiger partial charge in [0, 0.05) is 11.3 Å². The fourth-order valence-electron chi connectivity index (χ4n) is 2.06. The monoisotopic (exact) mass is 291 g/mol. The summed E-state index contributed by atoms with van der Waals surface area (Å²) in [5.74, 6) is -1.54. The summed E-state index contributed by atoms with van der Waals surface area (Å²) in [5.41, 5.74) is 0.914. The van der Waals surface area contributed by atoms with Gasteiger partial charge in [-0.3, -0.25) is 0 Å². The van der Waals surface area contributed by atoms with Gasteiger partial charge in [0.15, 0.2) is 0 Å². The number of benzene rings is 2. The molecule has 0 aliphatic rings. The minimum Gasteiger partial charge on any atom is -0.465 e. The number of carbonyl (C=O) groups is 1. The van der Waals surface area contributed by atoms with Gasteiger partial charge in [0.1, 0.15) is 11.6 Å². The van der Waals surface area contributed by atoms with Crippen molar-refractivity contribution in [2.75, 3.05) is 12.4 Å². The molecule has 0 amide bonds. The second kappa shape index (κ2) is 6.35. The van der Waals surface area contributed by atoms with E-state index >= 15 is 0 Å². The van der Waals surface area contributed by atoms with Crippen LogP contribution in [0.15, 0.2) is 42.5 Å². The molecule has 0 saturated heterocycles. The van der Waals surface area contributed by atoms with Crippen molar-refractivity contribution in [3.8, 4) is 0 Å². The molecule has 0 heterocycles. The Kier molecular flexibility index (Phi) is 4.52. The van der Waals surface area contributed by atoms with E-state index in [2.05, 4.69) is 10.1 Å². The molecule has 2 aromatic rings. The third-order valence-corrected chi connectivity index (χ3v) is 3.13. The molecule has 21 heavy (non-hydrogen) atoms. The summed E-state index contributed by atoms with van der Waals surface area (Å²) in [6.45, 7) is 1.75. The van der Waals surface area contributed by atoms with Crippen LogP contribution in [0.2, 0.25) is 0 Å². The highest BCUT2D eigenvalue weighted by molar-refractivity contribution is 5.95. The summed E-state index contributed by atoms with van der Waals surface area (Å²) in [5, 5.41) is 3.00. The molecule has 2 rings (SSSR count). The largest absolute Gasteiger partial charge is 0.465 e. The van der Waals surface area contributed by atoms with Crippen molar-refractivity contribution in [2.24, 2.45) is 0 Å². The van der Waals surface area contributed by atoms with Crippen LogP contribution >= 0.6 is 0 Å². The highest BCUT2D eigenvalue weighted by Gasteiger charge is 2.16. The van der Waals surface area contributed by atoms with Gasteiger partial charge in [0.25, 0.3) is 0 Å². The Balaban J connectivity index is 2.31. The summed E-state index contributed by atoms with van der Waals surface area (Å²) >= 11 is 0. The Morgan fingerprint density at radius 1 is 1.19 bits per heavy atom. The molecule has 0 aliphatic heterocycles. The summed E-state index contributed by atoms with van der Waals surface area (Å²) in [7, 11) is 1.22. The van der Waals surface area contributed by atoms with E-state index in [-0.39, 0.29) is 17.4 Å². The minimum absolute atomic E-state index is 0.0701. The average molecular weight is 291 g/mol. The molecule has 5 heteroatoms. The lowest BCUT2D eigenvalue weighted by atomic mass is 10.1. The summed E-state index contributed by atoms with van der Waals surface area (Å²) in [4.78, 5) is 11.7. The maximum absolute atomic E-state index is 13.7. The number of nitrogens with one attached hydrogen (secondary N) is 1. The smallest absolute Gasteiger partial charge is 0.340 e. The number of ether oxygens (including phenoxy) is 1. The topological polar surface area (TPSA) is 38.3 Å². The van der Waals surface area contributed by atoms with Crippen molar-refractivity contribution in [3.05, 3.63) is 65.2 Å². The predicted molar refractivity (Wildman–Crippen MR) is 76.2 cm³/mol. The molecule has 110 valence electrons. The summed E-state index contributed by atoms with van der Waals surface area (Å²) in [6.07, 6.45) is 0. The minimum atomic E-state index is -0.655. The van der Waals surface area contributed by atoms with Gasteiger partial charge in [0.2, 0.25) is 0 Å². The maximum atomic E-state index is 13.7. The third kappa shape index (κ3) is 3.37. The molecule has 1 N–H and O–H groups in total. The Morgan fingerprint density at radius 3 is 2.57 bits per heavy atom. The molecular weight excluding hydrogens is 276 g/mol. The van der Waals surface area contributed by atoms with Gasteiger partial charge in [-0.25, -0.2) is 13.6 Å². The fourth-order valence-corrected chi connectivity index (χ4v) is 2.06. The zero-order chi connectivity index (χ0) is 15.4. The lowest BCUT2D eigenvalue weighted by molar-refractivity contribution is 0.0601. The van der Waals surface area contributed by atoms with Gasteiger partial charge in [-0.05, 0) is 31.2 Å². The van der Waals surface area contributed by atoms with Crippen LogP contribution in [0.4, 0.5) is 14.5 Å². The van der Waals surface area contributed by atoms with Crippen LogP contribution in [-0.2, 0) is 4.74 Å². The molecule has 0 bridgehead atoms. The number of hydrogen-bond acceptors (Lipinski definition) is 3. The van der Waals surface area contributed by atoms with Crippen molar-refractivity contribution in [2.45, 2.75) is 13.0 Å². The quantitative estimate of drug-likeness (QED) is 0.868. The second-order valence-corrected chi connectivity index (χ2v) is 4.57. The van der Waals surface area contributed by atoms with E-state index in [0.29, 0.717) is 11.3 Å². The molecule has 0 aromatic heterocycles. The summed E-state index contributed by atoms with van der Waals surface area (Å²) < 4.78 is 31.6. The van der Waals surface area contributed by atoms with Gasteiger partial charge < -0.3 is 10.1 Å². The third-order valence-electron chi connectivity index (χ3n) is 3.13. The van der Waals surface area contributed by atoms with Gasteiger partial charge in [-0.2, -0.15) is 0 Å². The first kappa shape index (κ1) is 15.0. The Bertz CT molecular complexity index is 658. The van der Waals surface area contributed by atoms with Gasteiger partial charge in [-0.15, -0.1) is 0 Å². The van der Waals surface area contributed by atoms with E-state index in [9.17, 15) is 13.6 Å². The summed E-state index contributed by atoms with van der Waals surface area (Å²) in [6, 6.07) is 9.68. The molecule has 3 nitrogen and oxygen atoms in total. The molecule has 0 aliphatic carbocycles. The van der Waals surface area contributed by atoms with Crippen LogP contribution in [0.3, 0.4) is 0 Å². The zero-order valence-electron chi connectivity index (χ0n) is 11.7. The van der Waals surface area contributed by atoms with Crippen LogP contribution < -0.4 is 5.32 Å². The van der Waals surface area contributed by atoms with E-state index in [1.807, 2.05) is 0 Å². The predicted octanol–water partition coefficient (Wildman–Crippen LogP) is 3.92. The van der Waals surface area contributed by atoms with Crippen LogP contribution in [0, 0.1) is 11.6 Å². The lowest BCUT2D eigenvalue weighted by Gasteiger charge is -2.18. The van der Waals surface area contributed by atoms with Gasteiger partial charge >= 0.3 is 5.97 Å². The van der Waals surface area contributed by atoms with E-state index in [0.717, 1.165) is 6.07 Å². The highest BCUT2D eigenvalue weighted by Crippen LogP contribution is 2.25.